The summed E-state index contributed by atoms with van der Waals surface area (Å²) in [5.41, 5.74) is 1.27. The van der Waals surface area contributed by atoms with Crippen molar-refractivity contribution in [2.75, 3.05) is 37.6 Å². The highest BCUT2D eigenvalue weighted by Gasteiger charge is 2.25. The van der Waals surface area contributed by atoms with E-state index in [0.29, 0.717) is 5.92 Å². The third-order valence-electron chi connectivity index (χ3n) is 4.73. The Morgan fingerprint density at radius 3 is 2.91 bits per heavy atom. The van der Waals surface area contributed by atoms with Gasteiger partial charge in [0.15, 0.2) is 0 Å². The van der Waals surface area contributed by atoms with Crippen molar-refractivity contribution in [3.05, 3.63) is 28.7 Å². The number of amides is 1. The minimum atomic E-state index is 0.212. The maximum Gasteiger partial charge on any atom is 0.223 e. The minimum absolute atomic E-state index is 0.212. The van der Waals surface area contributed by atoms with Gasteiger partial charge >= 0.3 is 0 Å². The molecule has 5 heteroatoms. The number of carbonyl (C=O) groups is 1. The van der Waals surface area contributed by atoms with Crippen LogP contribution >= 0.6 is 15.9 Å². The fraction of sp³-hybridized carbons (Fsp3) is 0.588. The van der Waals surface area contributed by atoms with Crippen LogP contribution in [0.5, 0.6) is 0 Å². The normalized spacial score (nSPS) is 22.8. The maximum absolute atomic E-state index is 12.2. The van der Waals surface area contributed by atoms with Crippen LogP contribution in [0.4, 0.5) is 5.69 Å². The first-order valence-electron chi connectivity index (χ1n) is 8.21. The number of piperidine rings is 1. The summed E-state index contributed by atoms with van der Waals surface area (Å²) in [5.74, 6) is 1.02. The van der Waals surface area contributed by atoms with E-state index in [9.17, 15) is 4.79 Å². The zero-order chi connectivity index (χ0) is 15.4. The number of carbonyl (C=O) groups excluding carboxylic acids is 1. The Morgan fingerprint density at radius 1 is 1.32 bits per heavy atom. The zero-order valence-electron chi connectivity index (χ0n) is 12.9. The van der Waals surface area contributed by atoms with Crippen molar-refractivity contribution in [3.63, 3.8) is 0 Å². The van der Waals surface area contributed by atoms with E-state index >= 15 is 0 Å². The number of anilines is 1. The number of nitrogens with one attached hydrogen (secondary N) is 2. The summed E-state index contributed by atoms with van der Waals surface area (Å²) < 4.78 is 1.12. The summed E-state index contributed by atoms with van der Waals surface area (Å²) in [7, 11) is 0. The molecule has 0 saturated carbocycles. The molecule has 0 aliphatic carbocycles. The van der Waals surface area contributed by atoms with Gasteiger partial charge in [0.25, 0.3) is 0 Å². The number of benzene rings is 1. The van der Waals surface area contributed by atoms with Gasteiger partial charge in [0, 0.05) is 35.7 Å². The van der Waals surface area contributed by atoms with Crippen LogP contribution in [0, 0.1) is 11.8 Å². The first-order valence-corrected chi connectivity index (χ1v) is 9.00. The molecule has 2 aliphatic rings. The molecule has 2 heterocycles. The standard InChI is InChI=1S/C17H24BrN3O/c18-15-2-1-3-16(10-15)21-9-6-13(12-21)11-20-17(22)14-4-7-19-8-5-14/h1-3,10,13-14,19H,4-9,11-12H2,(H,20,22). The molecule has 3 rings (SSSR count). The van der Waals surface area contributed by atoms with Gasteiger partial charge in [-0.15, -0.1) is 0 Å². The van der Waals surface area contributed by atoms with Crippen molar-refractivity contribution < 1.29 is 4.79 Å². The minimum Gasteiger partial charge on any atom is -0.371 e. The molecule has 0 spiro atoms. The van der Waals surface area contributed by atoms with Crippen LogP contribution in [0.3, 0.4) is 0 Å². The van der Waals surface area contributed by atoms with Crippen molar-refractivity contribution in [2.24, 2.45) is 11.8 Å². The molecule has 1 amide bonds. The van der Waals surface area contributed by atoms with Crippen LogP contribution < -0.4 is 15.5 Å². The molecule has 0 aromatic heterocycles. The molecule has 2 N–H and O–H groups in total. The lowest BCUT2D eigenvalue weighted by Crippen LogP contribution is -2.40. The number of nitrogens with zero attached hydrogens (tertiary/aromatic N) is 1. The predicted molar refractivity (Wildman–Crippen MR) is 93.1 cm³/mol. The molecule has 120 valence electrons. The third kappa shape index (κ3) is 4.02. The monoisotopic (exact) mass is 365 g/mol. The fourth-order valence-electron chi connectivity index (χ4n) is 3.38. The Morgan fingerprint density at radius 2 is 2.14 bits per heavy atom. The molecule has 2 fully saturated rings. The summed E-state index contributed by atoms with van der Waals surface area (Å²) in [6, 6.07) is 8.44. The molecule has 2 aliphatic heterocycles. The average molecular weight is 366 g/mol. The van der Waals surface area contributed by atoms with E-state index in [1.54, 1.807) is 0 Å². The first-order chi connectivity index (χ1) is 10.7. The average Bonchev–Trinajstić information content (AvgIpc) is 3.02. The highest BCUT2D eigenvalue weighted by Crippen LogP contribution is 2.26. The third-order valence-corrected chi connectivity index (χ3v) is 5.23. The number of hydrogen-bond donors (Lipinski definition) is 2. The number of rotatable bonds is 4. The Kier molecular flexibility index (Phi) is 5.37. The SMILES string of the molecule is O=C(NCC1CCN(c2cccc(Br)c2)C1)C1CCNCC1. The highest BCUT2D eigenvalue weighted by atomic mass is 79.9. The Bertz CT molecular complexity index is 516. The van der Waals surface area contributed by atoms with Gasteiger partial charge in [-0.05, 0) is 56.5 Å². The first kappa shape index (κ1) is 15.8. The van der Waals surface area contributed by atoms with E-state index in [1.807, 2.05) is 0 Å². The van der Waals surface area contributed by atoms with E-state index in [-0.39, 0.29) is 11.8 Å². The Labute approximate surface area is 140 Å². The van der Waals surface area contributed by atoms with Crippen molar-refractivity contribution in [1.82, 2.24) is 10.6 Å². The fourth-order valence-corrected chi connectivity index (χ4v) is 3.77. The second kappa shape index (κ2) is 7.47. The molecule has 1 aromatic rings. The van der Waals surface area contributed by atoms with Crippen LogP contribution in [0.25, 0.3) is 0 Å². The molecule has 1 aromatic carbocycles. The second-order valence-electron chi connectivity index (χ2n) is 6.35. The van der Waals surface area contributed by atoms with E-state index < -0.39 is 0 Å². The molecule has 1 atom stereocenters. The van der Waals surface area contributed by atoms with E-state index in [4.69, 9.17) is 0 Å². The quantitative estimate of drug-likeness (QED) is 0.860. The van der Waals surface area contributed by atoms with Gasteiger partial charge in [0.05, 0.1) is 0 Å². The predicted octanol–water partition coefficient (Wildman–Crippen LogP) is 2.39. The summed E-state index contributed by atoms with van der Waals surface area (Å²) in [5, 5.41) is 6.48. The van der Waals surface area contributed by atoms with Crippen molar-refractivity contribution in [3.8, 4) is 0 Å². The van der Waals surface area contributed by atoms with Crippen molar-refractivity contribution >= 4 is 27.5 Å². The van der Waals surface area contributed by atoms with Crippen LogP contribution in [0.15, 0.2) is 28.7 Å². The summed E-state index contributed by atoms with van der Waals surface area (Å²) in [4.78, 5) is 14.6. The lowest BCUT2D eigenvalue weighted by atomic mass is 9.97. The van der Waals surface area contributed by atoms with E-state index in [1.165, 1.54) is 5.69 Å². The van der Waals surface area contributed by atoms with Crippen LogP contribution in [-0.4, -0.2) is 38.6 Å². The van der Waals surface area contributed by atoms with Crippen LogP contribution in [-0.2, 0) is 4.79 Å². The lowest BCUT2D eigenvalue weighted by molar-refractivity contribution is -0.125. The molecular weight excluding hydrogens is 342 g/mol. The number of halogens is 1. The topological polar surface area (TPSA) is 44.4 Å². The Balaban J connectivity index is 1.46. The van der Waals surface area contributed by atoms with Gasteiger partial charge in [-0.2, -0.15) is 0 Å². The number of hydrogen-bond acceptors (Lipinski definition) is 3. The van der Waals surface area contributed by atoms with Gasteiger partial charge in [0.1, 0.15) is 0 Å². The summed E-state index contributed by atoms with van der Waals surface area (Å²) in [6.07, 6.45) is 3.10. The van der Waals surface area contributed by atoms with Gasteiger partial charge in [-0.1, -0.05) is 22.0 Å². The Hall–Kier alpha value is -1.07. The van der Waals surface area contributed by atoms with E-state index in [2.05, 4.69) is 55.7 Å². The summed E-state index contributed by atoms with van der Waals surface area (Å²) >= 11 is 3.53. The smallest absolute Gasteiger partial charge is 0.223 e. The molecular formula is C17H24BrN3O. The van der Waals surface area contributed by atoms with Crippen molar-refractivity contribution in [2.45, 2.75) is 19.3 Å². The van der Waals surface area contributed by atoms with Crippen molar-refractivity contribution in [1.29, 1.82) is 0 Å². The largest absolute Gasteiger partial charge is 0.371 e. The zero-order valence-corrected chi connectivity index (χ0v) is 14.4. The highest BCUT2D eigenvalue weighted by molar-refractivity contribution is 9.10. The molecule has 0 bridgehead atoms. The molecule has 22 heavy (non-hydrogen) atoms. The van der Waals surface area contributed by atoms with Crippen LogP contribution in [0.1, 0.15) is 19.3 Å². The van der Waals surface area contributed by atoms with Gasteiger partial charge < -0.3 is 15.5 Å². The van der Waals surface area contributed by atoms with E-state index in [0.717, 1.165) is 56.5 Å². The molecule has 1 unspecified atom stereocenters. The van der Waals surface area contributed by atoms with Gasteiger partial charge in [-0.25, -0.2) is 0 Å². The lowest BCUT2D eigenvalue weighted by Gasteiger charge is -2.23. The van der Waals surface area contributed by atoms with Crippen LogP contribution in [0.2, 0.25) is 0 Å². The molecule has 4 nitrogen and oxygen atoms in total. The second-order valence-corrected chi connectivity index (χ2v) is 7.27. The molecule has 2 saturated heterocycles. The summed E-state index contributed by atoms with van der Waals surface area (Å²) in [6.45, 7) is 4.86. The molecule has 0 radical (unpaired) electrons. The van der Waals surface area contributed by atoms with Gasteiger partial charge in [0.2, 0.25) is 5.91 Å². The maximum atomic E-state index is 12.2. The van der Waals surface area contributed by atoms with Gasteiger partial charge in [-0.3, -0.25) is 4.79 Å².